The van der Waals surface area contributed by atoms with Gasteiger partial charge in [-0.25, -0.2) is 0 Å². The largest absolute Gasteiger partial charge is 0.415 e. The third-order valence-corrected chi connectivity index (χ3v) is 7.97. The first-order chi connectivity index (χ1) is 12.8. The van der Waals surface area contributed by atoms with Gasteiger partial charge in [0.2, 0.25) is 0 Å². The summed E-state index contributed by atoms with van der Waals surface area (Å²) >= 11 is 0. The normalized spacial score (nSPS) is 28.0. The number of hydrogen-bond donors (Lipinski definition) is 0. The Balaban J connectivity index is 3.26. The summed E-state index contributed by atoms with van der Waals surface area (Å²) in [6.07, 6.45) is -1.45. The molecule has 1 aliphatic heterocycles. The molecule has 0 aromatic carbocycles. The van der Waals surface area contributed by atoms with Crippen LogP contribution < -0.4 is 0 Å². The van der Waals surface area contributed by atoms with Crippen molar-refractivity contribution in [3.63, 3.8) is 0 Å². The molecule has 0 spiro atoms. The van der Waals surface area contributed by atoms with E-state index in [4.69, 9.17) is 27.2 Å². The van der Waals surface area contributed by atoms with E-state index in [1.165, 1.54) is 0 Å². The Morgan fingerprint density at radius 1 is 0.690 bits per heavy atom. The molecule has 5 atom stereocenters. The second kappa shape index (κ2) is 10.1. The second-order valence-corrected chi connectivity index (χ2v) is 29.7. The average Bonchev–Trinajstić information content (AvgIpc) is 2.76. The summed E-state index contributed by atoms with van der Waals surface area (Å²) in [7, 11) is -5.57. The summed E-state index contributed by atoms with van der Waals surface area (Å²) in [5.74, 6) is 0. The highest BCUT2D eigenvalue weighted by Crippen LogP contribution is 2.35. The minimum Gasteiger partial charge on any atom is -0.415 e. The van der Waals surface area contributed by atoms with Gasteiger partial charge < -0.3 is 27.2 Å². The van der Waals surface area contributed by atoms with E-state index in [9.17, 15) is 0 Å². The maximum atomic E-state index is 6.65. The lowest BCUT2D eigenvalue weighted by atomic mass is 10.1. The molecule has 0 amide bonds. The van der Waals surface area contributed by atoms with Crippen LogP contribution in [0.5, 0.6) is 0 Å². The molecule has 1 fully saturated rings. The lowest BCUT2D eigenvalue weighted by Gasteiger charge is -2.37. The van der Waals surface area contributed by atoms with E-state index in [2.05, 4.69) is 78.6 Å². The highest BCUT2D eigenvalue weighted by Gasteiger charge is 2.53. The molecule has 10 heteroatoms. The Morgan fingerprint density at radius 3 is 1.55 bits per heavy atom. The Bertz CT molecular complexity index is 507. The van der Waals surface area contributed by atoms with Crippen LogP contribution in [0, 0.1) is 0 Å². The van der Waals surface area contributed by atoms with Crippen molar-refractivity contribution in [1.29, 1.82) is 0 Å². The molecule has 0 N–H and O–H groups in total. The van der Waals surface area contributed by atoms with Crippen molar-refractivity contribution < 1.29 is 27.2 Å². The van der Waals surface area contributed by atoms with Crippen molar-refractivity contribution >= 4 is 33.3 Å². The van der Waals surface area contributed by atoms with Gasteiger partial charge in [-0.05, 0) is 78.6 Å². The predicted molar refractivity (Wildman–Crippen MR) is 130 cm³/mol. The van der Waals surface area contributed by atoms with Crippen LogP contribution in [0.15, 0.2) is 0 Å². The minimum atomic E-state index is -1.86. The van der Waals surface area contributed by atoms with Crippen LogP contribution in [0.2, 0.25) is 78.6 Å². The van der Waals surface area contributed by atoms with Gasteiger partial charge in [0.15, 0.2) is 39.6 Å². The van der Waals surface area contributed by atoms with Gasteiger partial charge in [-0.3, -0.25) is 0 Å². The van der Waals surface area contributed by atoms with E-state index < -0.39 is 39.6 Å². The van der Waals surface area contributed by atoms with Crippen LogP contribution in [0.4, 0.5) is 0 Å². The molecule has 1 heterocycles. The quantitative estimate of drug-likeness (QED) is 0.392. The highest BCUT2D eigenvalue weighted by atomic mass is 28.4. The zero-order chi connectivity index (χ0) is 22.8. The van der Waals surface area contributed by atoms with Crippen LogP contribution in [-0.4, -0.2) is 77.7 Å². The predicted octanol–water partition coefficient (Wildman–Crippen LogP) is 4.87. The highest BCUT2D eigenvalue weighted by molar-refractivity contribution is 6.71. The first-order valence-electron chi connectivity index (χ1n) is 10.7. The van der Waals surface area contributed by atoms with Crippen molar-refractivity contribution in [2.45, 2.75) is 109 Å². The van der Waals surface area contributed by atoms with Crippen molar-refractivity contribution in [2.75, 3.05) is 13.7 Å². The molecule has 0 unspecified atom stereocenters. The van der Waals surface area contributed by atoms with Crippen molar-refractivity contribution in [3.8, 4) is 0 Å². The number of methoxy groups -OCH3 is 1. The Morgan fingerprint density at radius 2 is 1.17 bits per heavy atom. The molecule has 174 valence electrons. The van der Waals surface area contributed by atoms with Crippen molar-refractivity contribution in [3.05, 3.63) is 0 Å². The molecule has 0 aromatic rings. The van der Waals surface area contributed by atoms with E-state index in [-0.39, 0.29) is 24.4 Å². The van der Waals surface area contributed by atoms with Gasteiger partial charge in [0.1, 0.15) is 18.3 Å². The second-order valence-electron chi connectivity index (χ2n) is 11.8. The lowest BCUT2D eigenvalue weighted by Crippen LogP contribution is -2.53. The molecule has 6 nitrogen and oxygen atoms in total. The van der Waals surface area contributed by atoms with Gasteiger partial charge in [0.05, 0.1) is 12.7 Å². The van der Waals surface area contributed by atoms with Crippen LogP contribution >= 0.6 is 0 Å². The molecule has 0 aliphatic carbocycles. The summed E-state index contributed by atoms with van der Waals surface area (Å²) in [5.41, 5.74) is 0. The average molecular weight is 483 g/mol. The molecule has 1 rings (SSSR count). The Hall–Kier alpha value is 0.628. The fourth-order valence-electron chi connectivity index (χ4n) is 3.20. The maximum absolute atomic E-state index is 6.65. The molecule has 1 aliphatic rings. The van der Waals surface area contributed by atoms with E-state index in [0.29, 0.717) is 6.61 Å². The molecule has 0 saturated carbocycles. The van der Waals surface area contributed by atoms with Gasteiger partial charge in [-0.1, -0.05) is 0 Å². The molecule has 29 heavy (non-hydrogen) atoms. The Labute approximate surface area is 183 Å². The third-order valence-electron chi connectivity index (χ3n) is 3.97. The fraction of sp³-hybridized carbons (Fsp3) is 1.00. The van der Waals surface area contributed by atoms with Gasteiger partial charge in [0.25, 0.3) is 0 Å². The Kier molecular flexibility index (Phi) is 9.59. The standard InChI is InChI=1S/C19H46O6Si4/c1-20-19-18(25-29(11,12)13)17(24-28(8,9)10)16(22-19)15(23-27(5,6)7)14-21-26(2,3)4/h15-19H,14H2,1-13H3/t15-,16-,17+,18-,19+/m1/s1. The van der Waals surface area contributed by atoms with E-state index in [1.54, 1.807) is 7.11 Å². The van der Waals surface area contributed by atoms with Crippen LogP contribution in [-0.2, 0) is 27.2 Å². The maximum Gasteiger partial charge on any atom is 0.185 e. The number of rotatable bonds is 11. The van der Waals surface area contributed by atoms with Crippen LogP contribution in [0.25, 0.3) is 0 Å². The zero-order valence-electron chi connectivity index (χ0n) is 21.0. The van der Waals surface area contributed by atoms with E-state index in [1.807, 2.05) is 0 Å². The number of hydrogen-bond acceptors (Lipinski definition) is 6. The minimum absolute atomic E-state index is 0.206. The van der Waals surface area contributed by atoms with Crippen molar-refractivity contribution in [2.24, 2.45) is 0 Å². The summed E-state index contributed by atoms with van der Waals surface area (Å²) in [6.45, 7) is 26.8. The topological polar surface area (TPSA) is 55.4 Å². The molecule has 0 radical (unpaired) electrons. The van der Waals surface area contributed by atoms with Crippen LogP contribution in [0.3, 0.4) is 0 Å². The first-order valence-corrected chi connectivity index (χ1v) is 24.3. The number of ether oxygens (including phenoxy) is 2. The van der Waals surface area contributed by atoms with Gasteiger partial charge in [0, 0.05) is 7.11 Å². The van der Waals surface area contributed by atoms with Gasteiger partial charge >= 0.3 is 0 Å². The molecular formula is C19H46O6Si4. The first kappa shape index (κ1) is 27.7. The van der Waals surface area contributed by atoms with E-state index >= 15 is 0 Å². The molecule has 0 bridgehead atoms. The summed E-state index contributed by atoms with van der Waals surface area (Å²) in [5, 5.41) is 0. The van der Waals surface area contributed by atoms with Crippen molar-refractivity contribution in [1.82, 2.24) is 0 Å². The van der Waals surface area contributed by atoms with Gasteiger partial charge in [-0.15, -0.1) is 0 Å². The smallest absolute Gasteiger partial charge is 0.185 e. The SMILES string of the molecule is CO[C@H]1O[C@H]([C@@H](CO[Si](C)(C)C)O[Si](C)(C)C)[C@H](O[Si](C)(C)C)[C@H]1O[Si](C)(C)C. The van der Waals surface area contributed by atoms with Crippen LogP contribution in [0.1, 0.15) is 0 Å². The summed E-state index contributed by atoms with van der Waals surface area (Å²) in [4.78, 5) is 0. The fourth-order valence-corrected chi connectivity index (χ4v) is 7.12. The van der Waals surface area contributed by atoms with E-state index in [0.717, 1.165) is 0 Å². The van der Waals surface area contributed by atoms with Gasteiger partial charge in [-0.2, -0.15) is 0 Å². The summed E-state index contributed by atoms with van der Waals surface area (Å²) < 4.78 is 38.1. The zero-order valence-corrected chi connectivity index (χ0v) is 25.0. The molecular weight excluding hydrogens is 437 g/mol. The molecule has 0 aromatic heterocycles. The third kappa shape index (κ3) is 10.7. The monoisotopic (exact) mass is 482 g/mol. The molecule has 1 saturated heterocycles. The lowest BCUT2D eigenvalue weighted by molar-refractivity contribution is -0.161. The summed E-state index contributed by atoms with van der Waals surface area (Å²) in [6, 6.07) is 0.